The van der Waals surface area contributed by atoms with Gasteiger partial charge in [-0.05, 0) is 43.0 Å². The van der Waals surface area contributed by atoms with Crippen molar-refractivity contribution in [3.8, 4) is 0 Å². The number of benzene rings is 1. The summed E-state index contributed by atoms with van der Waals surface area (Å²) in [7, 11) is 0. The second-order valence-corrected chi connectivity index (χ2v) is 6.39. The number of rotatable bonds is 2. The first-order valence-electron chi connectivity index (χ1n) is 6.91. The van der Waals surface area contributed by atoms with Crippen molar-refractivity contribution in [2.24, 2.45) is 0 Å². The lowest BCUT2D eigenvalue weighted by atomic mass is 10.0. The number of pyridine rings is 1. The molecule has 1 amide bonds. The molecule has 0 saturated heterocycles. The number of hydrogen-bond acceptors (Lipinski definition) is 5. The molecule has 7 heteroatoms. The quantitative estimate of drug-likeness (QED) is 0.781. The molecule has 0 fully saturated rings. The van der Waals surface area contributed by atoms with Crippen LogP contribution >= 0.6 is 22.9 Å². The summed E-state index contributed by atoms with van der Waals surface area (Å²) in [6.07, 6.45) is 2.79. The van der Waals surface area contributed by atoms with E-state index in [0.717, 1.165) is 41.4 Å². The predicted molar refractivity (Wildman–Crippen MR) is 86.6 cm³/mol. The number of halogens is 1. The number of fused-ring (bicyclic) bond motifs is 2. The van der Waals surface area contributed by atoms with Gasteiger partial charge in [-0.1, -0.05) is 22.9 Å². The van der Waals surface area contributed by atoms with Crippen LogP contribution in [0, 0.1) is 0 Å². The van der Waals surface area contributed by atoms with Crippen LogP contribution in [0.1, 0.15) is 28.0 Å². The van der Waals surface area contributed by atoms with Crippen LogP contribution in [-0.4, -0.2) is 21.1 Å². The molecule has 2 heterocycles. The third kappa shape index (κ3) is 2.24. The van der Waals surface area contributed by atoms with E-state index in [9.17, 15) is 4.79 Å². The van der Waals surface area contributed by atoms with Crippen LogP contribution in [-0.2, 0) is 12.8 Å². The number of aryl methyl sites for hydroxylation is 1. The summed E-state index contributed by atoms with van der Waals surface area (Å²) >= 11 is 7.40. The largest absolute Gasteiger partial charge is 0.296 e. The summed E-state index contributed by atoms with van der Waals surface area (Å²) in [5, 5.41) is 12.3. The van der Waals surface area contributed by atoms with Crippen LogP contribution < -0.4 is 5.32 Å². The molecule has 22 heavy (non-hydrogen) atoms. The van der Waals surface area contributed by atoms with E-state index in [1.54, 1.807) is 17.6 Å². The molecule has 5 nitrogen and oxygen atoms in total. The Balaban J connectivity index is 1.90. The van der Waals surface area contributed by atoms with Crippen molar-refractivity contribution in [1.29, 1.82) is 0 Å². The van der Waals surface area contributed by atoms with Gasteiger partial charge in [0.15, 0.2) is 0 Å². The van der Waals surface area contributed by atoms with Gasteiger partial charge in [-0.2, -0.15) is 0 Å². The lowest BCUT2D eigenvalue weighted by molar-refractivity contribution is 0.102. The number of carbonyl (C=O) groups is 1. The minimum Gasteiger partial charge on any atom is -0.296 e. The molecule has 0 radical (unpaired) electrons. The Morgan fingerprint density at radius 1 is 1.32 bits per heavy atom. The average molecular weight is 331 g/mol. The second kappa shape index (κ2) is 5.30. The third-order valence-electron chi connectivity index (χ3n) is 3.78. The summed E-state index contributed by atoms with van der Waals surface area (Å²) in [5.41, 5.74) is 5.08. The first kappa shape index (κ1) is 13.6. The maximum Gasteiger partial charge on any atom is 0.258 e. The van der Waals surface area contributed by atoms with Crippen molar-refractivity contribution < 1.29 is 4.79 Å². The van der Waals surface area contributed by atoms with Crippen LogP contribution in [0.4, 0.5) is 5.13 Å². The van der Waals surface area contributed by atoms with Gasteiger partial charge >= 0.3 is 0 Å². The van der Waals surface area contributed by atoms with Crippen LogP contribution in [0.2, 0.25) is 5.02 Å². The second-order valence-electron chi connectivity index (χ2n) is 5.13. The highest BCUT2D eigenvalue weighted by atomic mass is 35.5. The van der Waals surface area contributed by atoms with E-state index in [-0.39, 0.29) is 5.91 Å². The van der Waals surface area contributed by atoms with Gasteiger partial charge in [-0.3, -0.25) is 15.1 Å². The molecule has 0 unspecified atom stereocenters. The number of nitrogens with zero attached hydrogens (tertiary/aromatic N) is 3. The smallest absolute Gasteiger partial charge is 0.258 e. The van der Waals surface area contributed by atoms with E-state index in [2.05, 4.69) is 20.5 Å². The fourth-order valence-electron chi connectivity index (χ4n) is 2.88. The van der Waals surface area contributed by atoms with Gasteiger partial charge in [0, 0.05) is 16.1 Å². The fourth-order valence-corrected chi connectivity index (χ4v) is 3.49. The molecule has 0 atom stereocenters. The van der Waals surface area contributed by atoms with Gasteiger partial charge in [0.1, 0.15) is 5.51 Å². The van der Waals surface area contributed by atoms with Crippen LogP contribution in [0.5, 0.6) is 0 Å². The molecule has 110 valence electrons. The van der Waals surface area contributed by atoms with E-state index in [1.165, 1.54) is 11.3 Å². The Labute approximate surface area is 135 Å². The summed E-state index contributed by atoms with van der Waals surface area (Å²) in [6.45, 7) is 0. The van der Waals surface area contributed by atoms with E-state index < -0.39 is 0 Å². The summed E-state index contributed by atoms with van der Waals surface area (Å²) in [6, 6.07) is 5.46. The molecule has 4 rings (SSSR count). The Hall–Kier alpha value is -2.05. The monoisotopic (exact) mass is 330 g/mol. The number of amides is 1. The molecule has 0 aliphatic heterocycles. The lowest BCUT2D eigenvalue weighted by Gasteiger charge is -2.12. The molecule has 1 aliphatic carbocycles. The zero-order valence-electron chi connectivity index (χ0n) is 11.5. The minimum atomic E-state index is -0.176. The van der Waals surface area contributed by atoms with E-state index in [0.29, 0.717) is 15.7 Å². The third-order valence-corrected chi connectivity index (χ3v) is 4.62. The first-order valence-corrected chi connectivity index (χ1v) is 8.16. The topological polar surface area (TPSA) is 67.8 Å². The van der Waals surface area contributed by atoms with Crippen molar-refractivity contribution >= 4 is 44.9 Å². The standard InChI is InChI=1S/C15H11ClN4OS/c16-8-4-5-12-10(6-8)13(9-2-1-3-11(9)18-12)14(21)19-15-20-17-7-22-15/h4-7H,1-3H2,(H,19,20,21). The SMILES string of the molecule is O=C(Nc1nncs1)c1c2c(nc3ccc(Cl)cc13)CCC2. The maximum absolute atomic E-state index is 12.8. The van der Waals surface area contributed by atoms with E-state index in [1.807, 2.05) is 6.07 Å². The highest BCUT2D eigenvalue weighted by molar-refractivity contribution is 7.13. The highest BCUT2D eigenvalue weighted by Gasteiger charge is 2.24. The van der Waals surface area contributed by atoms with Crippen LogP contribution in [0.3, 0.4) is 0 Å². The van der Waals surface area contributed by atoms with Crippen LogP contribution in [0.15, 0.2) is 23.7 Å². The Morgan fingerprint density at radius 3 is 3.05 bits per heavy atom. The first-order chi connectivity index (χ1) is 10.7. The average Bonchev–Trinajstić information content (AvgIpc) is 3.15. The van der Waals surface area contributed by atoms with Crippen LogP contribution in [0.25, 0.3) is 10.9 Å². The fraction of sp³-hybridized carbons (Fsp3) is 0.200. The summed E-state index contributed by atoms with van der Waals surface area (Å²) < 4.78 is 0. The normalized spacial score (nSPS) is 13.3. The number of hydrogen-bond donors (Lipinski definition) is 1. The van der Waals surface area contributed by atoms with Gasteiger partial charge in [0.25, 0.3) is 5.91 Å². The molecule has 2 aromatic heterocycles. The Kier molecular flexibility index (Phi) is 3.28. The predicted octanol–water partition coefficient (Wildman–Crippen LogP) is 3.48. The van der Waals surface area contributed by atoms with Gasteiger partial charge in [0.05, 0.1) is 11.1 Å². The zero-order valence-corrected chi connectivity index (χ0v) is 13.0. The number of carbonyl (C=O) groups excluding carboxylic acids is 1. The maximum atomic E-state index is 12.8. The minimum absolute atomic E-state index is 0.176. The van der Waals surface area contributed by atoms with Crippen molar-refractivity contribution in [2.75, 3.05) is 5.32 Å². The Bertz CT molecular complexity index is 879. The highest BCUT2D eigenvalue weighted by Crippen LogP contribution is 2.32. The summed E-state index contributed by atoms with van der Waals surface area (Å²) in [4.78, 5) is 17.4. The molecule has 1 aliphatic rings. The van der Waals surface area contributed by atoms with Crippen molar-refractivity contribution in [1.82, 2.24) is 15.2 Å². The number of aromatic nitrogens is 3. The van der Waals surface area contributed by atoms with Gasteiger partial charge < -0.3 is 0 Å². The van der Waals surface area contributed by atoms with Gasteiger partial charge in [0.2, 0.25) is 5.13 Å². The molecule has 1 N–H and O–H groups in total. The van der Waals surface area contributed by atoms with Gasteiger partial charge in [-0.25, -0.2) is 0 Å². The molecular formula is C15H11ClN4OS. The molecular weight excluding hydrogens is 320 g/mol. The van der Waals surface area contributed by atoms with Crippen molar-refractivity contribution in [3.63, 3.8) is 0 Å². The zero-order chi connectivity index (χ0) is 15.1. The molecule has 0 bridgehead atoms. The molecule has 3 aromatic rings. The molecule has 0 spiro atoms. The lowest BCUT2D eigenvalue weighted by Crippen LogP contribution is -2.15. The summed E-state index contributed by atoms with van der Waals surface area (Å²) in [5.74, 6) is -0.176. The van der Waals surface area contributed by atoms with Crippen molar-refractivity contribution in [2.45, 2.75) is 19.3 Å². The Morgan fingerprint density at radius 2 is 2.23 bits per heavy atom. The van der Waals surface area contributed by atoms with E-state index in [4.69, 9.17) is 11.6 Å². The number of nitrogens with one attached hydrogen (secondary N) is 1. The molecule has 1 aromatic carbocycles. The van der Waals surface area contributed by atoms with Crippen molar-refractivity contribution in [3.05, 3.63) is 45.6 Å². The van der Waals surface area contributed by atoms with E-state index >= 15 is 0 Å². The molecule has 0 saturated carbocycles. The van der Waals surface area contributed by atoms with Gasteiger partial charge in [-0.15, -0.1) is 10.2 Å². The number of anilines is 1.